The summed E-state index contributed by atoms with van der Waals surface area (Å²) in [5.74, 6) is 1.91. The Morgan fingerprint density at radius 1 is 1.11 bits per heavy atom. The number of non-ortho nitro benzene ring substituents is 1. The molecule has 186 valence electrons. The molecule has 12 heteroatoms. The molecule has 0 bridgehead atoms. The first-order valence-corrected chi connectivity index (χ1v) is 11.7. The number of carbonyl (C=O) groups excluding carboxylic acids is 1. The van der Waals surface area contributed by atoms with E-state index in [1.165, 1.54) is 37.1 Å². The van der Waals surface area contributed by atoms with Gasteiger partial charge in [-0.05, 0) is 39.0 Å². The molecule has 0 aliphatic carbocycles. The molecule has 0 aliphatic heterocycles. The molecule has 0 aliphatic rings. The molecule has 11 nitrogen and oxygen atoms in total. The number of thioether (sulfide) groups is 1. The summed E-state index contributed by atoms with van der Waals surface area (Å²) in [7, 11) is 3.01. The third kappa shape index (κ3) is 6.41. The number of nitrogens with one attached hydrogen (secondary N) is 1. The molecular weight excluding hydrogens is 474 g/mol. The Morgan fingerprint density at radius 2 is 1.86 bits per heavy atom. The lowest BCUT2D eigenvalue weighted by Gasteiger charge is -2.19. The summed E-state index contributed by atoms with van der Waals surface area (Å²) < 4.78 is 18.4. The van der Waals surface area contributed by atoms with E-state index in [2.05, 4.69) is 15.5 Å². The van der Waals surface area contributed by atoms with E-state index in [-0.39, 0.29) is 29.1 Å². The molecule has 1 N–H and O–H groups in total. The van der Waals surface area contributed by atoms with E-state index in [0.29, 0.717) is 28.2 Å². The van der Waals surface area contributed by atoms with Gasteiger partial charge in [0.2, 0.25) is 5.91 Å². The van der Waals surface area contributed by atoms with E-state index in [1.807, 2.05) is 43.5 Å². The van der Waals surface area contributed by atoms with Crippen molar-refractivity contribution < 1.29 is 23.9 Å². The van der Waals surface area contributed by atoms with Crippen molar-refractivity contribution in [2.24, 2.45) is 0 Å². The minimum atomic E-state index is -0.536. The molecule has 0 fully saturated rings. The van der Waals surface area contributed by atoms with Crippen LogP contribution in [0.2, 0.25) is 0 Å². The van der Waals surface area contributed by atoms with Crippen molar-refractivity contribution in [3.63, 3.8) is 0 Å². The number of nitro groups is 1. The molecule has 1 heterocycles. The lowest BCUT2D eigenvalue weighted by atomic mass is 10.2. The van der Waals surface area contributed by atoms with Crippen LogP contribution in [0.25, 0.3) is 0 Å². The van der Waals surface area contributed by atoms with Crippen LogP contribution in [0.5, 0.6) is 17.2 Å². The minimum absolute atomic E-state index is 0.0128. The Morgan fingerprint density at radius 3 is 2.51 bits per heavy atom. The second-order valence-electron chi connectivity index (χ2n) is 7.72. The van der Waals surface area contributed by atoms with Crippen LogP contribution < -0.4 is 19.5 Å². The van der Waals surface area contributed by atoms with Crippen molar-refractivity contribution in [1.82, 2.24) is 14.8 Å². The Hall–Kier alpha value is -3.80. The van der Waals surface area contributed by atoms with Crippen molar-refractivity contribution >= 4 is 29.0 Å². The van der Waals surface area contributed by atoms with Crippen LogP contribution in [0.3, 0.4) is 0 Å². The van der Waals surface area contributed by atoms with E-state index < -0.39 is 11.0 Å². The quantitative estimate of drug-likeness (QED) is 0.226. The average molecular weight is 502 g/mol. The van der Waals surface area contributed by atoms with Gasteiger partial charge in [0.15, 0.2) is 17.1 Å². The minimum Gasteiger partial charge on any atom is -0.497 e. The summed E-state index contributed by atoms with van der Waals surface area (Å²) in [5.41, 5.74) is 0.0709. The summed E-state index contributed by atoms with van der Waals surface area (Å²) in [6, 6.07) is 11.3. The maximum Gasteiger partial charge on any atom is 0.271 e. The molecule has 1 aromatic heterocycles. The molecule has 0 spiro atoms. The van der Waals surface area contributed by atoms with Crippen LogP contribution in [0, 0.1) is 10.1 Å². The maximum atomic E-state index is 12.6. The molecule has 1 unspecified atom stereocenters. The highest BCUT2D eigenvalue weighted by Crippen LogP contribution is 2.31. The summed E-state index contributed by atoms with van der Waals surface area (Å²) in [4.78, 5) is 23.1. The zero-order valence-corrected chi connectivity index (χ0v) is 20.9. The fourth-order valence-corrected chi connectivity index (χ4v) is 4.18. The van der Waals surface area contributed by atoms with E-state index in [1.54, 1.807) is 13.2 Å². The molecule has 35 heavy (non-hydrogen) atoms. The third-order valence-electron chi connectivity index (χ3n) is 4.93. The summed E-state index contributed by atoms with van der Waals surface area (Å²) in [6.07, 6.45) is -0.408. The number of nitrogens with zero attached hydrogens (tertiary/aromatic N) is 4. The van der Waals surface area contributed by atoms with Crippen molar-refractivity contribution in [1.29, 1.82) is 0 Å². The van der Waals surface area contributed by atoms with Crippen molar-refractivity contribution in [2.45, 2.75) is 38.1 Å². The number of rotatable bonds is 11. The number of methoxy groups -OCH3 is 2. The molecule has 1 amide bonds. The number of carbonyl (C=O) groups is 1. The van der Waals surface area contributed by atoms with Gasteiger partial charge in [0.05, 0.1) is 30.6 Å². The number of aromatic nitrogens is 3. The predicted octanol–water partition coefficient (Wildman–Crippen LogP) is 4.66. The highest BCUT2D eigenvalue weighted by atomic mass is 32.2. The first kappa shape index (κ1) is 25.8. The predicted molar refractivity (Wildman–Crippen MR) is 131 cm³/mol. The first-order valence-electron chi connectivity index (χ1n) is 10.7. The van der Waals surface area contributed by atoms with Crippen LogP contribution in [-0.2, 0) is 4.79 Å². The highest BCUT2D eigenvalue weighted by molar-refractivity contribution is 7.99. The number of amides is 1. The van der Waals surface area contributed by atoms with Crippen LogP contribution in [0.15, 0.2) is 47.6 Å². The average Bonchev–Trinajstić information content (AvgIpc) is 3.27. The molecule has 3 aromatic rings. The van der Waals surface area contributed by atoms with E-state index in [4.69, 9.17) is 14.2 Å². The molecule has 0 saturated carbocycles. The molecule has 0 radical (unpaired) electrons. The molecule has 1 atom stereocenters. The van der Waals surface area contributed by atoms with E-state index >= 15 is 0 Å². The van der Waals surface area contributed by atoms with Gasteiger partial charge in [-0.3, -0.25) is 14.9 Å². The molecule has 0 saturated heterocycles. The molecule has 3 rings (SSSR count). The van der Waals surface area contributed by atoms with Gasteiger partial charge in [-0.2, -0.15) is 0 Å². The van der Waals surface area contributed by atoms with Gasteiger partial charge in [0.1, 0.15) is 17.2 Å². The summed E-state index contributed by atoms with van der Waals surface area (Å²) in [5, 5.41) is 22.9. The largest absolute Gasteiger partial charge is 0.497 e. The van der Waals surface area contributed by atoms with Gasteiger partial charge in [0.25, 0.3) is 5.69 Å². The second kappa shape index (κ2) is 11.6. The summed E-state index contributed by atoms with van der Waals surface area (Å²) in [6.45, 7) is 5.85. The maximum absolute atomic E-state index is 12.6. The van der Waals surface area contributed by atoms with E-state index in [9.17, 15) is 14.9 Å². The van der Waals surface area contributed by atoms with Crippen molar-refractivity contribution in [2.75, 3.05) is 25.3 Å². The molecular formula is C23H27N5O6S. The number of nitro benzene ring substituents is 1. The van der Waals surface area contributed by atoms with Gasteiger partial charge in [-0.15, -0.1) is 10.2 Å². The Balaban J connectivity index is 1.71. The van der Waals surface area contributed by atoms with Gasteiger partial charge in [-0.25, -0.2) is 0 Å². The number of anilines is 1. The van der Waals surface area contributed by atoms with Crippen LogP contribution in [-0.4, -0.2) is 45.6 Å². The second-order valence-corrected chi connectivity index (χ2v) is 8.66. The van der Waals surface area contributed by atoms with Crippen molar-refractivity contribution in [3.05, 3.63) is 58.4 Å². The monoisotopic (exact) mass is 501 g/mol. The third-order valence-corrected chi connectivity index (χ3v) is 5.87. The van der Waals surface area contributed by atoms with Gasteiger partial charge in [-0.1, -0.05) is 17.8 Å². The fourth-order valence-electron chi connectivity index (χ4n) is 3.30. The highest BCUT2D eigenvalue weighted by Gasteiger charge is 2.22. The van der Waals surface area contributed by atoms with E-state index in [0.717, 1.165) is 0 Å². The van der Waals surface area contributed by atoms with Crippen molar-refractivity contribution in [3.8, 4) is 17.2 Å². The van der Waals surface area contributed by atoms with Gasteiger partial charge >= 0.3 is 0 Å². The van der Waals surface area contributed by atoms with Crippen LogP contribution in [0.1, 0.15) is 38.7 Å². The van der Waals surface area contributed by atoms with Gasteiger partial charge in [0, 0.05) is 24.2 Å². The number of benzene rings is 2. The fraction of sp³-hybridized carbons (Fsp3) is 0.348. The number of hydrogen-bond acceptors (Lipinski definition) is 9. The Labute approximate surface area is 206 Å². The zero-order chi connectivity index (χ0) is 25.5. The zero-order valence-electron chi connectivity index (χ0n) is 20.0. The first-order chi connectivity index (χ1) is 16.7. The molecule has 2 aromatic carbocycles. The Kier molecular flexibility index (Phi) is 8.53. The van der Waals surface area contributed by atoms with Crippen LogP contribution in [0.4, 0.5) is 11.4 Å². The Bertz CT molecular complexity index is 1200. The van der Waals surface area contributed by atoms with Crippen LogP contribution >= 0.6 is 11.8 Å². The lowest BCUT2D eigenvalue weighted by Crippen LogP contribution is -2.17. The number of hydrogen-bond donors (Lipinski definition) is 1. The SMILES string of the molecule is COc1cccc(OC(C)c2nnc(SCC(=O)Nc3cc([N+](=O)[O-])ccc3OC)n2C(C)C)c1. The topological polar surface area (TPSA) is 131 Å². The lowest BCUT2D eigenvalue weighted by molar-refractivity contribution is -0.384. The number of ether oxygens (including phenoxy) is 3. The standard InChI is InChI=1S/C23H27N5O6S/c1-14(2)27-22(15(3)34-18-8-6-7-17(12-18)32-4)25-26-23(27)35-13-21(29)24-19-11-16(28(30)31)9-10-20(19)33-5/h6-12,14-15H,13H2,1-5H3,(H,24,29). The smallest absolute Gasteiger partial charge is 0.271 e. The normalized spacial score (nSPS) is 11.7. The summed E-state index contributed by atoms with van der Waals surface area (Å²) >= 11 is 1.20. The van der Waals surface area contributed by atoms with Gasteiger partial charge < -0.3 is 24.1 Å².